The van der Waals surface area contributed by atoms with Crippen LogP contribution in [0, 0.1) is 5.82 Å². The SMILES string of the molecule is O=c1[nH]c(NCCCN2CCN(c3ccc(F)cc3)CC2)nc2c1CCCC2. The van der Waals surface area contributed by atoms with Gasteiger partial charge in [0.15, 0.2) is 0 Å². The number of aryl methyl sites for hydroxylation is 1. The van der Waals surface area contributed by atoms with Crippen molar-refractivity contribution in [1.29, 1.82) is 0 Å². The van der Waals surface area contributed by atoms with Crippen LogP contribution in [0.5, 0.6) is 0 Å². The maximum Gasteiger partial charge on any atom is 0.255 e. The maximum atomic E-state index is 13.1. The minimum atomic E-state index is -0.190. The molecule has 1 aromatic carbocycles. The molecule has 1 fully saturated rings. The number of benzene rings is 1. The molecule has 2 aromatic rings. The van der Waals surface area contributed by atoms with Gasteiger partial charge in [-0.2, -0.15) is 0 Å². The lowest BCUT2D eigenvalue weighted by Gasteiger charge is -2.36. The summed E-state index contributed by atoms with van der Waals surface area (Å²) in [6.45, 7) is 5.73. The predicted molar refractivity (Wildman–Crippen MR) is 110 cm³/mol. The van der Waals surface area contributed by atoms with Gasteiger partial charge in [0.2, 0.25) is 5.95 Å². The van der Waals surface area contributed by atoms with Gasteiger partial charge < -0.3 is 10.2 Å². The summed E-state index contributed by atoms with van der Waals surface area (Å²) in [7, 11) is 0. The maximum absolute atomic E-state index is 13.1. The summed E-state index contributed by atoms with van der Waals surface area (Å²) in [6, 6.07) is 6.74. The summed E-state index contributed by atoms with van der Waals surface area (Å²) in [4.78, 5) is 24.4. The summed E-state index contributed by atoms with van der Waals surface area (Å²) in [6.07, 6.45) is 4.96. The first kappa shape index (κ1) is 18.9. The monoisotopic (exact) mass is 385 g/mol. The van der Waals surface area contributed by atoms with Crippen LogP contribution in [0.25, 0.3) is 0 Å². The summed E-state index contributed by atoms with van der Waals surface area (Å²) in [5, 5.41) is 3.28. The van der Waals surface area contributed by atoms with Crippen molar-refractivity contribution in [1.82, 2.24) is 14.9 Å². The fourth-order valence-corrected chi connectivity index (χ4v) is 4.08. The second-order valence-electron chi connectivity index (χ2n) is 7.63. The molecule has 7 heteroatoms. The van der Waals surface area contributed by atoms with Crippen molar-refractivity contribution in [3.05, 3.63) is 51.7 Å². The van der Waals surface area contributed by atoms with E-state index in [9.17, 15) is 9.18 Å². The molecule has 0 atom stereocenters. The van der Waals surface area contributed by atoms with Gasteiger partial charge in [-0.1, -0.05) is 0 Å². The molecule has 0 bridgehead atoms. The molecule has 0 unspecified atom stereocenters. The van der Waals surface area contributed by atoms with Crippen LogP contribution in [0.1, 0.15) is 30.5 Å². The minimum Gasteiger partial charge on any atom is -0.369 e. The van der Waals surface area contributed by atoms with Crippen molar-refractivity contribution < 1.29 is 4.39 Å². The fraction of sp³-hybridized carbons (Fsp3) is 0.524. The Hall–Kier alpha value is -2.41. The van der Waals surface area contributed by atoms with Crippen molar-refractivity contribution in [3.8, 4) is 0 Å². The van der Waals surface area contributed by atoms with E-state index in [2.05, 4.69) is 25.1 Å². The number of aromatic amines is 1. The van der Waals surface area contributed by atoms with Gasteiger partial charge in [-0.3, -0.25) is 14.7 Å². The molecule has 2 heterocycles. The number of rotatable bonds is 6. The lowest BCUT2D eigenvalue weighted by atomic mass is 9.97. The highest BCUT2D eigenvalue weighted by Gasteiger charge is 2.17. The van der Waals surface area contributed by atoms with Crippen LogP contribution in [0.2, 0.25) is 0 Å². The van der Waals surface area contributed by atoms with Crippen LogP contribution in [-0.2, 0) is 12.8 Å². The highest BCUT2D eigenvalue weighted by molar-refractivity contribution is 5.46. The van der Waals surface area contributed by atoms with Crippen LogP contribution in [0.4, 0.5) is 16.0 Å². The zero-order valence-corrected chi connectivity index (χ0v) is 16.2. The van der Waals surface area contributed by atoms with Crippen molar-refractivity contribution in [3.63, 3.8) is 0 Å². The van der Waals surface area contributed by atoms with E-state index < -0.39 is 0 Å². The third-order valence-electron chi connectivity index (χ3n) is 5.70. The lowest BCUT2D eigenvalue weighted by molar-refractivity contribution is 0.257. The third kappa shape index (κ3) is 4.52. The zero-order valence-electron chi connectivity index (χ0n) is 16.2. The van der Waals surface area contributed by atoms with E-state index in [0.717, 1.165) is 88.3 Å². The first-order valence-electron chi connectivity index (χ1n) is 10.3. The van der Waals surface area contributed by atoms with E-state index in [4.69, 9.17) is 0 Å². The predicted octanol–water partition coefficient (Wildman–Crippen LogP) is 2.41. The van der Waals surface area contributed by atoms with Crippen LogP contribution >= 0.6 is 0 Å². The van der Waals surface area contributed by atoms with E-state index in [0.29, 0.717) is 5.95 Å². The quantitative estimate of drug-likeness (QED) is 0.748. The number of anilines is 2. The third-order valence-corrected chi connectivity index (χ3v) is 5.70. The molecular formula is C21H28FN5O. The summed E-state index contributed by atoms with van der Waals surface area (Å²) in [5.74, 6) is 0.413. The van der Waals surface area contributed by atoms with Gasteiger partial charge in [0.05, 0.1) is 5.69 Å². The Morgan fingerprint density at radius 3 is 2.61 bits per heavy atom. The van der Waals surface area contributed by atoms with Crippen LogP contribution < -0.4 is 15.8 Å². The van der Waals surface area contributed by atoms with Gasteiger partial charge in [0.25, 0.3) is 5.56 Å². The first-order chi connectivity index (χ1) is 13.7. The normalized spacial score (nSPS) is 17.4. The van der Waals surface area contributed by atoms with E-state index in [1.165, 1.54) is 12.1 Å². The Bertz CT molecular complexity index is 843. The molecule has 150 valence electrons. The molecule has 28 heavy (non-hydrogen) atoms. The summed E-state index contributed by atoms with van der Waals surface area (Å²) in [5.41, 5.74) is 2.94. The Balaban J connectivity index is 1.20. The highest BCUT2D eigenvalue weighted by atomic mass is 19.1. The average molecular weight is 385 g/mol. The minimum absolute atomic E-state index is 0.0177. The number of nitrogens with one attached hydrogen (secondary N) is 2. The molecule has 1 aliphatic heterocycles. The molecule has 1 aromatic heterocycles. The van der Waals surface area contributed by atoms with Crippen molar-refractivity contribution in [2.75, 3.05) is 49.5 Å². The van der Waals surface area contributed by atoms with E-state index in [1.807, 2.05) is 12.1 Å². The molecule has 0 amide bonds. The standard InChI is InChI=1S/C21H28FN5O/c22-16-6-8-17(9-7-16)27-14-12-26(13-15-27)11-3-10-23-21-24-19-5-2-1-4-18(19)20(28)25-21/h6-9H,1-5,10-15H2,(H2,23,24,25,28). The summed E-state index contributed by atoms with van der Waals surface area (Å²) < 4.78 is 13.1. The second-order valence-corrected chi connectivity index (χ2v) is 7.63. The number of nitrogens with zero attached hydrogens (tertiary/aromatic N) is 3. The molecule has 1 saturated heterocycles. The Morgan fingerprint density at radius 1 is 1.07 bits per heavy atom. The van der Waals surface area contributed by atoms with Gasteiger partial charge >= 0.3 is 0 Å². The number of hydrogen-bond donors (Lipinski definition) is 2. The number of halogens is 1. The van der Waals surface area contributed by atoms with Crippen LogP contribution in [-0.4, -0.2) is 54.1 Å². The number of H-pyrrole nitrogens is 1. The molecule has 1 aliphatic carbocycles. The smallest absolute Gasteiger partial charge is 0.255 e. The Kier molecular flexibility index (Phi) is 5.90. The van der Waals surface area contributed by atoms with Crippen molar-refractivity contribution in [2.24, 2.45) is 0 Å². The number of piperazine rings is 1. The van der Waals surface area contributed by atoms with E-state index in [1.54, 1.807) is 0 Å². The molecule has 0 radical (unpaired) electrons. The van der Waals surface area contributed by atoms with Gasteiger partial charge in [-0.05, 0) is 62.9 Å². The topological polar surface area (TPSA) is 64.3 Å². The molecule has 0 spiro atoms. The van der Waals surface area contributed by atoms with Crippen LogP contribution in [0.3, 0.4) is 0 Å². The number of aromatic nitrogens is 2. The fourth-order valence-electron chi connectivity index (χ4n) is 4.08. The molecule has 4 rings (SSSR count). The molecule has 2 N–H and O–H groups in total. The summed E-state index contributed by atoms with van der Waals surface area (Å²) >= 11 is 0. The number of fused-ring (bicyclic) bond motifs is 1. The lowest BCUT2D eigenvalue weighted by Crippen LogP contribution is -2.46. The average Bonchev–Trinajstić information content (AvgIpc) is 2.72. The Labute approximate surface area is 164 Å². The van der Waals surface area contributed by atoms with E-state index >= 15 is 0 Å². The van der Waals surface area contributed by atoms with Crippen molar-refractivity contribution in [2.45, 2.75) is 32.1 Å². The first-order valence-corrected chi connectivity index (χ1v) is 10.3. The van der Waals surface area contributed by atoms with Gasteiger partial charge in [-0.25, -0.2) is 9.37 Å². The van der Waals surface area contributed by atoms with Gasteiger partial charge in [0, 0.05) is 44.0 Å². The molecule has 2 aliphatic rings. The van der Waals surface area contributed by atoms with Crippen molar-refractivity contribution >= 4 is 11.6 Å². The van der Waals surface area contributed by atoms with E-state index in [-0.39, 0.29) is 11.4 Å². The van der Waals surface area contributed by atoms with Gasteiger partial charge in [-0.15, -0.1) is 0 Å². The molecular weight excluding hydrogens is 357 g/mol. The molecule has 0 saturated carbocycles. The Morgan fingerprint density at radius 2 is 1.82 bits per heavy atom. The zero-order chi connectivity index (χ0) is 19.3. The molecule has 6 nitrogen and oxygen atoms in total. The van der Waals surface area contributed by atoms with Gasteiger partial charge in [0.1, 0.15) is 5.82 Å². The largest absolute Gasteiger partial charge is 0.369 e. The highest BCUT2D eigenvalue weighted by Crippen LogP contribution is 2.18. The van der Waals surface area contributed by atoms with Crippen LogP contribution in [0.15, 0.2) is 29.1 Å². The second kappa shape index (κ2) is 8.73. The number of hydrogen-bond acceptors (Lipinski definition) is 5.